The Morgan fingerprint density at radius 1 is 1.00 bits per heavy atom. The van der Waals surface area contributed by atoms with Crippen LogP contribution in [0.1, 0.15) is 6.42 Å². The van der Waals surface area contributed by atoms with Crippen molar-refractivity contribution in [2.45, 2.75) is 12.5 Å². The average molecular weight is 196 g/mol. The molecule has 78 valence electrons. The molecule has 0 atom stereocenters. The summed E-state index contributed by atoms with van der Waals surface area (Å²) >= 11 is 0. The molecule has 0 rings (SSSR count). The number of carboxylic acids is 2. The van der Waals surface area contributed by atoms with Crippen LogP contribution in [-0.2, 0) is 9.59 Å². The van der Waals surface area contributed by atoms with Gasteiger partial charge in [0, 0.05) is 0 Å². The van der Waals surface area contributed by atoms with Crippen molar-refractivity contribution in [2.24, 2.45) is 0 Å². The summed E-state index contributed by atoms with van der Waals surface area (Å²) in [5, 5.41) is 39.4. The minimum Gasteiger partial charge on any atom is -0.481 e. The molecule has 0 saturated heterocycles. The molecule has 13 heavy (non-hydrogen) atoms. The van der Waals surface area contributed by atoms with Crippen molar-refractivity contribution in [1.29, 1.82) is 0 Å². The molecule has 0 aromatic rings. The maximum atomic E-state index is 9.43. The fourth-order valence-corrected chi connectivity index (χ4v) is 0.187. The number of rotatable bonds is 4. The van der Waals surface area contributed by atoms with Gasteiger partial charge in [0.15, 0.2) is 0 Å². The minimum atomic E-state index is -1.31. The SMILES string of the molecule is O=C(O)CC(=O)O.OCC(O)CO. The van der Waals surface area contributed by atoms with Crippen LogP contribution in [0.3, 0.4) is 0 Å². The largest absolute Gasteiger partial charge is 0.481 e. The van der Waals surface area contributed by atoms with Gasteiger partial charge < -0.3 is 25.5 Å². The van der Waals surface area contributed by atoms with Crippen molar-refractivity contribution in [1.82, 2.24) is 0 Å². The third kappa shape index (κ3) is 18.1. The van der Waals surface area contributed by atoms with Gasteiger partial charge >= 0.3 is 11.9 Å². The molecule has 0 aliphatic rings. The molecule has 7 nitrogen and oxygen atoms in total. The van der Waals surface area contributed by atoms with Gasteiger partial charge in [0.1, 0.15) is 12.5 Å². The molecule has 0 heterocycles. The molecule has 7 heteroatoms. The third-order valence-electron chi connectivity index (χ3n) is 0.724. The molecule has 0 radical (unpaired) electrons. The second kappa shape index (κ2) is 8.91. The molecule has 5 N–H and O–H groups in total. The summed E-state index contributed by atoms with van der Waals surface area (Å²) in [7, 11) is 0. The number of hydrogen-bond donors (Lipinski definition) is 5. The highest BCUT2D eigenvalue weighted by molar-refractivity contribution is 5.88. The van der Waals surface area contributed by atoms with Gasteiger partial charge in [0.25, 0.3) is 0 Å². The quantitative estimate of drug-likeness (QED) is 0.324. The summed E-state index contributed by atoms with van der Waals surface area (Å²) in [5.74, 6) is -2.62. The van der Waals surface area contributed by atoms with E-state index in [-0.39, 0.29) is 13.2 Å². The first-order valence-corrected chi connectivity index (χ1v) is 3.27. The highest BCUT2D eigenvalue weighted by atomic mass is 16.4. The van der Waals surface area contributed by atoms with E-state index in [1.54, 1.807) is 0 Å². The molecule has 0 bridgehead atoms. The van der Waals surface area contributed by atoms with Crippen LogP contribution in [0.5, 0.6) is 0 Å². The Bertz CT molecular complexity index is 139. The second-order valence-electron chi connectivity index (χ2n) is 1.98. The summed E-state index contributed by atoms with van der Waals surface area (Å²) in [6, 6.07) is 0. The number of aliphatic carboxylic acids is 2. The molecule has 0 aromatic carbocycles. The number of aliphatic hydroxyl groups excluding tert-OH is 3. The molecule has 0 unspecified atom stereocenters. The lowest BCUT2D eigenvalue weighted by Gasteiger charge is -1.96. The first-order valence-electron chi connectivity index (χ1n) is 3.27. The van der Waals surface area contributed by atoms with Crippen molar-refractivity contribution in [3.63, 3.8) is 0 Å². The van der Waals surface area contributed by atoms with Crippen LogP contribution in [0.15, 0.2) is 0 Å². The van der Waals surface area contributed by atoms with E-state index < -0.39 is 24.5 Å². The van der Waals surface area contributed by atoms with Crippen LogP contribution >= 0.6 is 0 Å². The van der Waals surface area contributed by atoms with Crippen LogP contribution in [-0.4, -0.2) is 56.8 Å². The summed E-state index contributed by atoms with van der Waals surface area (Å²) in [5.41, 5.74) is 0. The Balaban J connectivity index is 0. The number of carbonyl (C=O) groups is 2. The van der Waals surface area contributed by atoms with E-state index in [0.29, 0.717) is 0 Å². The Kier molecular flexibility index (Phi) is 9.84. The maximum absolute atomic E-state index is 9.43. The smallest absolute Gasteiger partial charge is 0.314 e. The lowest BCUT2D eigenvalue weighted by Crippen LogP contribution is -2.15. The van der Waals surface area contributed by atoms with Crippen LogP contribution in [0.25, 0.3) is 0 Å². The van der Waals surface area contributed by atoms with Gasteiger partial charge in [-0.1, -0.05) is 0 Å². The zero-order chi connectivity index (χ0) is 10.9. The van der Waals surface area contributed by atoms with Crippen LogP contribution in [0.4, 0.5) is 0 Å². The van der Waals surface area contributed by atoms with E-state index in [1.165, 1.54) is 0 Å². The van der Waals surface area contributed by atoms with Gasteiger partial charge in [-0.25, -0.2) is 0 Å². The van der Waals surface area contributed by atoms with Crippen molar-refractivity contribution in [3.8, 4) is 0 Å². The van der Waals surface area contributed by atoms with Crippen molar-refractivity contribution in [2.75, 3.05) is 13.2 Å². The molecular formula is C6H12O7. The fraction of sp³-hybridized carbons (Fsp3) is 0.667. The van der Waals surface area contributed by atoms with Gasteiger partial charge in [0.2, 0.25) is 0 Å². The van der Waals surface area contributed by atoms with Crippen LogP contribution in [0.2, 0.25) is 0 Å². The van der Waals surface area contributed by atoms with Gasteiger partial charge in [0.05, 0.1) is 13.2 Å². The highest BCUT2D eigenvalue weighted by Gasteiger charge is 2.01. The number of carboxylic acid groups (broad SMARTS) is 2. The van der Waals surface area contributed by atoms with E-state index in [9.17, 15) is 9.59 Å². The molecule has 0 amide bonds. The van der Waals surface area contributed by atoms with Crippen molar-refractivity contribution in [3.05, 3.63) is 0 Å². The van der Waals surface area contributed by atoms with E-state index >= 15 is 0 Å². The Morgan fingerprint density at radius 2 is 1.31 bits per heavy atom. The maximum Gasteiger partial charge on any atom is 0.314 e. The standard InChI is InChI=1S/C3H4O4.C3H8O3/c4-2(5)1-3(6)7;4-1-3(6)2-5/h1H2,(H,4,5)(H,6,7);3-6H,1-2H2. The van der Waals surface area contributed by atoms with Gasteiger partial charge in [-0.15, -0.1) is 0 Å². The molecule has 0 aromatic heterocycles. The Morgan fingerprint density at radius 3 is 1.31 bits per heavy atom. The normalized spacial score (nSPS) is 8.92. The summed E-state index contributed by atoms with van der Waals surface area (Å²) in [4.78, 5) is 18.9. The van der Waals surface area contributed by atoms with Gasteiger partial charge in [-0.05, 0) is 0 Å². The summed E-state index contributed by atoms with van der Waals surface area (Å²) in [6.07, 6.45) is -1.76. The predicted molar refractivity (Wildman–Crippen MR) is 40.1 cm³/mol. The second-order valence-corrected chi connectivity index (χ2v) is 1.98. The Hall–Kier alpha value is -1.18. The lowest BCUT2D eigenvalue weighted by molar-refractivity contribution is -0.147. The minimum absolute atomic E-state index is 0.365. The van der Waals surface area contributed by atoms with E-state index in [1.807, 2.05) is 0 Å². The molecule has 0 spiro atoms. The molecular weight excluding hydrogens is 184 g/mol. The fourth-order valence-electron chi connectivity index (χ4n) is 0.187. The van der Waals surface area contributed by atoms with Crippen LogP contribution in [0, 0.1) is 0 Å². The van der Waals surface area contributed by atoms with Crippen molar-refractivity contribution >= 4 is 11.9 Å². The van der Waals surface area contributed by atoms with Crippen molar-refractivity contribution < 1.29 is 35.1 Å². The molecule has 0 aliphatic carbocycles. The average Bonchev–Trinajstić information content (AvgIpc) is 2.01. The zero-order valence-corrected chi connectivity index (χ0v) is 6.75. The van der Waals surface area contributed by atoms with Gasteiger partial charge in [-0.3, -0.25) is 9.59 Å². The first kappa shape index (κ1) is 14.3. The molecule has 0 fully saturated rings. The Labute approximate surface area is 73.9 Å². The van der Waals surface area contributed by atoms with Crippen LogP contribution < -0.4 is 0 Å². The van der Waals surface area contributed by atoms with E-state index in [2.05, 4.69) is 0 Å². The monoisotopic (exact) mass is 196 g/mol. The van der Waals surface area contributed by atoms with Gasteiger partial charge in [-0.2, -0.15) is 0 Å². The summed E-state index contributed by atoms with van der Waals surface area (Å²) < 4.78 is 0. The molecule has 0 aliphatic heterocycles. The van der Waals surface area contributed by atoms with E-state index in [4.69, 9.17) is 25.5 Å². The predicted octanol–water partition coefficient (Wildman–Crippen LogP) is -2.12. The lowest BCUT2D eigenvalue weighted by atomic mass is 10.4. The third-order valence-corrected chi connectivity index (χ3v) is 0.724. The first-order chi connectivity index (χ1) is 5.93. The zero-order valence-electron chi connectivity index (χ0n) is 6.75. The number of hydrogen-bond acceptors (Lipinski definition) is 5. The summed E-state index contributed by atoms with van der Waals surface area (Å²) in [6.45, 7) is -0.729. The molecule has 0 saturated carbocycles. The number of aliphatic hydroxyl groups is 3. The highest BCUT2D eigenvalue weighted by Crippen LogP contribution is 1.74. The van der Waals surface area contributed by atoms with E-state index in [0.717, 1.165) is 0 Å². The topological polar surface area (TPSA) is 135 Å².